The highest BCUT2D eigenvalue weighted by molar-refractivity contribution is 5.85. The predicted octanol–water partition coefficient (Wildman–Crippen LogP) is 2.62. The number of fused-ring (bicyclic) bond motifs is 1. The van der Waals surface area contributed by atoms with E-state index in [2.05, 4.69) is 36.3 Å². The average Bonchev–Trinajstić information content (AvgIpc) is 2.84. The molecular weight excluding hydrogens is 300 g/mol. The van der Waals surface area contributed by atoms with Crippen molar-refractivity contribution in [3.63, 3.8) is 0 Å². The Morgan fingerprint density at radius 2 is 2.05 bits per heavy atom. The van der Waals surface area contributed by atoms with Gasteiger partial charge in [0, 0.05) is 30.1 Å². The zero-order valence-corrected chi connectivity index (χ0v) is 14.5. The molecule has 1 N–H and O–H groups in total. The van der Waals surface area contributed by atoms with Gasteiger partial charge in [0.2, 0.25) is 0 Å². The molecule has 1 atom stereocenters. The number of rotatable bonds is 4. The minimum Gasteiger partial charge on any atom is -0.496 e. The molecular formula is C17H27ClN2O2. The van der Waals surface area contributed by atoms with E-state index in [0.29, 0.717) is 6.04 Å². The Balaban J connectivity index is 0.00000176. The average molecular weight is 327 g/mol. The van der Waals surface area contributed by atoms with Crippen molar-refractivity contribution >= 4 is 12.4 Å². The second-order valence-corrected chi connectivity index (χ2v) is 6.36. The standard InChI is InChI=1S/C17H26N2O2.ClH/c1-12-8-13-9-16(20-3)14(10-17(13)21-12)11-18-15-4-6-19(2)7-5-15;/h9-10,12,15,18H,4-8,11H2,1-3H3;1H. The number of piperidine rings is 1. The van der Waals surface area contributed by atoms with E-state index in [1.807, 2.05) is 0 Å². The highest BCUT2D eigenvalue weighted by atomic mass is 35.5. The molecule has 0 bridgehead atoms. The van der Waals surface area contributed by atoms with E-state index >= 15 is 0 Å². The Kier molecular flexibility index (Phi) is 5.95. The number of hydrogen-bond acceptors (Lipinski definition) is 4. The van der Waals surface area contributed by atoms with Crippen LogP contribution in [0.3, 0.4) is 0 Å². The van der Waals surface area contributed by atoms with Gasteiger partial charge in [0.1, 0.15) is 17.6 Å². The lowest BCUT2D eigenvalue weighted by atomic mass is 10.0. The van der Waals surface area contributed by atoms with E-state index in [9.17, 15) is 0 Å². The first-order valence-electron chi connectivity index (χ1n) is 7.94. The fourth-order valence-electron chi connectivity index (χ4n) is 3.28. The quantitative estimate of drug-likeness (QED) is 0.922. The monoisotopic (exact) mass is 326 g/mol. The number of hydrogen-bond donors (Lipinski definition) is 1. The first-order valence-corrected chi connectivity index (χ1v) is 7.94. The van der Waals surface area contributed by atoms with E-state index in [4.69, 9.17) is 9.47 Å². The third kappa shape index (κ3) is 3.86. The molecule has 5 heteroatoms. The van der Waals surface area contributed by atoms with Crippen molar-refractivity contribution in [1.82, 2.24) is 10.2 Å². The minimum atomic E-state index is 0. The number of likely N-dealkylation sites (tertiary alicyclic amines) is 1. The van der Waals surface area contributed by atoms with Gasteiger partial charge >= 0.3 is 0 Å². The Bertz CT molecular complexity index is 502. The summed E-state index contributed by atoms with van der Waals surface area (Å²) in [5.41, 5.74) is 2.46. The number of ether oxygens (including phenoxy) is 2. The fourth-order valence-corrected chi connectivity index (χ4v) is 3.28. The summed E-state index contributed by atoms with van der Waals surface area (Å²) in [4.78, 5) is 2.39. The fraction of sp³-hybridized carbons (Fsp3) is 0.647. The van der Waals surface area contributed by atoms with Crippen LogP contribution in [0.1, 0.15) is 30.9 Å². The first-order chi connectivity index (χ1) is 10.2. The molecule has 124 valence electrons. The molecule has 22 heavy (non-hydrogen) atoms. The Morgan fingerprint density at radius 3 is 2.73 bits per heavy atom. The smallest absolute Gasteiger partial charge is 0.123 e. The third-order valence-electron chi connectivity index (χ3n) is 4.60. The van der Waals surface area contributed by atoms with Gasteiger partial charge in [0.05, 0.1) is 7.11 Å². The molecule has 1 fully saturated rings. The molecule has 3 rings (SSSR count). The molecule has 1 unspecified atom stereocenters. The molecule has 2 aliphatic rings. The van der Waals surface area contributed by atoms with Crippen LogP contribution in [0.15, 0.2) is 12.1 Å². The van der Waals surface area contributed by atoms with Crippen LogP contribution in [0.4, 0.5) is 0 Å². The molecule has 1 aromatic rings. The van der Waals surface area contributed by atoms with Gasteiger partial charge in [-0.05, 0) is 52.0 Å². The van der Waals surface area contributed by atoms with Crippen molar-refractivity contribution in [2.45, 2.75) is 44.9 Å². The van der Waals surface area contributed by atoms with Crippen molar-refractivity contribution in [3.05, 3.63) is 23.3 Å². The number of halogens is 1. The van der Waals surface area contributed by atoms with Crippen molar-refractivity contribution in [3.8, 4) is 11.5 Å². The van der Waals surface area contributed by atoms with Gasteiger partial charge in [-0.2, -0.15) is 0 Å². The van der Waals surface area contributed by atoms with Crippen LogP contribution in [0.5, 0.6) is 11.5 Å². The molecule has 2 heterocycles. The summed E-state index contributed by atoms with van der Waals surface area (Å²) in [5.74, 6) is 2.01. The lowest BCUT2D eigenvalue weighted by molar-refractivity contribution is 0.233. The lowest BCUT2D eigenvalue weighted by Gasteiger charge is -2.29. The van der Waals surface area contributed by atoms with Gasteiger partial charge in [0.25, 0.3) is 0 Å². The summed E-state index contributed by atoms with van der Waals surface area (Å²) < 4.78 is 11.4. The number of nitrogens with one attached hydrogen (secondary N) is 1. The Labute approximate surface area is 139 Å². The summed E-state index contributed by atoms with van der Waals surface area (Å²) in [5, 5.41) is 3.67. The van der Waals surface area contributed by atoms with Crippen molar-refractivity contribution < 1.29 is 9.47 Å². The number of nitrogens with zero attached hydrogens (tertiary/aromatic N) is 1. The maximum atomic E-state index is 5.86. The highest BCUT2D eigenvalue weighted by Crippen LogP contribution is 2.35. The minimum absolute atomic E-state index is 0. The van der Waals surface area contributed by atoms with Gasteiger partial charge in [-0.25, -0.2) is 0 Å². The summed E-state index contributed by atoms with van der Waals surface area (Å²) in [6, 6.07) is 4.91. The second kappa shape index (κ2) is 7.53. The second-order valence-electron chi connectivity index (χ2n) is 6.36. The molecule has 0 amide bonds. The van der Waals surface area contributed by atoms with Crippen LogP contribution in [0.25, 0.3) is 0 Å². The van der Waals surface area contributed by atoms with Crippen molar-refractivity contribution in [2.24, 2.45) is 0 Å². The number of methoxy groups -OCH3 is 1. The van der Waals surface area contributed by atoms with E-state index in [0.717, 1.165) is 24.5 Å². The van der Waals surface area contributed by atoms with E-state index in [-0.39, 0.29) is 18.5 Å². The van der Waals surface area contributed by atoms with Gasteiger partial charge < -0.3 is 19.7 Å². The van der Waals surface area contributed by atoms with Crippen LogP contribution in [-0.2, 0) is 13.0 Å². The SMILES string of the molecule is COc1cc2c(cc1CNC1CCN(C)CC1)OC(C)C2.Cl. The molecule has 0 aliphatic carbocycles. The zero-order chi connectivity index (χ0) is 14.8. The van der Waals surface area contributed by atoms with Crippen LogP contribution >= 0.6 is 12.4 Å². The largest absolute Gasteiger partial charge is 0.496 e. The molecule has 2 aliphatic heterocycles. The molecule has 0 saturated carbocycles. The summed E-state index contributed by atoms with van der Waals surface area (Å²) in [7, 11) is 3.94. The van der Waals surface area contributed by atoms with Crippen LogP contribution in [-0.4, -0.2) is 44.3 Å². The maximum Gasteiger partial charge on any atom is 0.123 e. The normalized spacial score (nSPS) is 21.9. The van der Waals surface area contributed by atoms with Crippen LogP contribution in [0.2, 0.25) is 0 Å². The highest BCUT2D eigenvalue weighted by Gasteiger charge is 2.22. The first kappa shape index (κ1) is 17.4. The van der Waals surface area contributed by atoms with Gasteiger partial charge in [0.15, 0.2) is 0 Å². The van der Waals surface area contributed by atoms with E-state index in [1.165, 1.54) is 37.1 Å². The molecule has 4 nitrogen and oxygen atoms in total. The summed E-state index contributed by atoms with van der Waals surface area (Å²) in [6.07, 6.45) is 3.70. The Hall–Kier alpha value is -0.970. The van der Waals surface area contributed by atoms with Crippen LogP contribution < -0.4 is 14.8 Å². The summed E-state index contributed by atoms with van der Waals surface area (Å²) >= 11 is 0. The predicted molar refractivity (Wildman–Crippen MR) is 91.4 cm³/mol. The molecule has 0 aromatic heterocycles. The van der Waals surface area contributed by atoms with Gasteiger partial charge in [-0.1, -0.05) is 0 Å². The maximum absolute atomic E-state index is 5.86. The summed E-state index contributed by atoms with van der Waals surface area (Å²) in [6.45, 7) is 5.32. The lowest BCUT2D eigenvalue weighted by Crippen LogP contribution is -2.40. The topological polar surface area (TPSA) is 33.7 Å². The van der Waals surface area contributed by atoms with Crippen molar-refractivity contribution in [2.75, 3.05) is 27.2 Å². The number of benzene rings is 1. The van der Waals surface area contributed by atoms with E-state index < -0.39 is 0 Å². The Morgan fingerprint density at radius 1 is 1.32 bits per heavy atom. The molecule has 1 aromatic carbocycles. The zero-order valence-electron chi connectivity index (χ0n) is 13.7. The third-order valence-corrected chi connectivity index (χ3v) is 4.60. The van der Waals surface area contributed by atoms with Gasteiger partial charge in [-0.15, -0.1) is 12.4 Å². The molecule has 0 spiro atoms. The van der Waals surface area contributed by atoms with Crippen molar-refractivity contribution in [1.29, 1.82) is 0 Å². The van der Waals surface area contributed by atoms with E-state index in [1.54, 1.807) is 7.11 Å². The molecule has 0 radical (unpaired) electrons. The molecule has 1 saturated heterocycles. The van der Waals surface area contributed by atoms with Gasteiger partial charge in [-0.3, -0.25) is 0 Å². The van der Waals surface area contributed by atoms with Crippen LogP contribution in [0, 0.1) is 0 Å².